The molecule has 22 heavy (non-hydrogen) atoms. The number of halogens is 1. The van der Waals surface area contributed by atoms with Crippen LogP contribution in [-0.2, 0) is 4.79 Å². The molecule has 0 unspecified atom stereocenters. The maximum absolute atomic E-state index is 12.1. The minimum absolute atomic E-state index is 0.0216. The summed E-state index contributed by atoms with van der Waals surface area (Å²) in [6.45, 7) is 1.10. The van der Waals surface area contributed by atoms with Crippen LogP contribution in [0.1, 0.15) is 12.8 Å². The van der Waals surface area contributed by atoms with Crippen LogP contribution in [0.2, 0.25) is 5.02 Å². The fourth-order valence-electron chi connectivity index (χ4n) is 2.49. The number of hydrogen-bond acceptors (Lipinski definition) is 4. The highest BCUT2D eigenvalue weighted by molar-refractivity contribution is 6.30. The van der Waals surface area contributed by atoms with Crippen LogP contribution in [0.4, 0.5) is 0 Å². The lowest BCUT2D eigenvalue weighted by atomic mass is 9.86. The topological polar surface area (TPSA) is 77.1 Å². The minimum Gasteiger partial charge on any atom is -0.484 e. The van der Waals surface area contributed by atoms with Crippen LogP contribution in [0, 0.1) is 34.5 Å². The number of piperidine rings is 1. The zero-order valence-corrected chi connectivity index (χ0v) is 12.8. The molecular formula is C16H16ClN3O2. The molecule has 1 amide bonds. The molecule has 2 rings (SSSR count). The molecule has 0 N–H and O–H groups in total. The normalized spacial score (nSPS) is 15.2. The summed E-state index contributed by atoms with van der Waals surface area (Å²) >= 11 is 5.78. The van der Waals surface area contributed by atoms with Crippen molar-refractivity contribution < 1.29 is 9.53 Å². The molecule has 5 nitrogen and oxygen atoms in total. The fraction of sp³-hybridized carbons (Fsp3) is 0.438. The van der Waals surface area contributed by atoms with Crippen LogP contribution < -0.4 is 4.74 Å². The predicted octanol–water partition coefficient (Wildman–Crippen LogP) is 2.62. The van der Waals surface area contributed by atoms with Gasteiger partial charge in [-0.15, -0.1) is 0 Å². The molecule has 1 fully saturated rings. The summed E-state index contributed by atoms with van der Waals surface area (Å²) in [5.74, 6) is -0.0145. The van der Waals surface area contributed by atoms with Gasteiger partial charge < -0.3 is 9.64 Å². The Hall–Kier alpha value is -2.24. The molecule has 1 aliphatic heterocycles. The van der Waals surface area contributed by atoms with E-state index >= 15 is 0 Å². The van der Waals surface area contributed by atoms with Gasteiger partial charge in [-0.05, 0) is 43.0 Å². The Kier molecular flexibility index (Phi) is 5.63. The largest absolute Gasteiger partial charge is 0.484 e. The molecule has 0 saturated carbocycles. The van der Waals surface area contributed by atoms with E-state index < -0.39 is 5.92 Å². The molecule has 114 valence electrons. The number of rotatable bonds is 4. The predicted molar refractivity (Wildman–Crippen MR) is 81.0 cm³/mol. The smallest absolute Gasteiger partial charge is 0.260 e. The van der Waals surface area contributed by atoms with Gasteiger partial charge in [-0.1, -0.05) is 11.6 Å². The lowest BCUT2D eigenvalue weighted by Gasteiger charge is -2.32. The Morgan fingerprint density at radius 1 is 1.27 bits per heavy atom. The average molecular weight is 318 g/mol. The SMILES string of the molecule is N#CC(C#N)C1CCN(C(=O)COc2ccc(Cl)cc2)CC1. The first-order valence-electron chi connectivity index (χ1n) is 7.09. The summed E-state index contributed by atoms with van der Waals surface area (Å²) in [6, 6.07) is 10.9. The number of likely N-dealkylation sites (tertiary alicyclic amines) is 1. The molecule has 0 spiro atoms. The van der Waals surface area contributed by atoms with Gasteiger partial charge in [-0.25, -0.2) is 0 Å². The Labute approximate surface area is 134 Å². The van der Waals surface area contributed by atoms with Crippen molar-refractivity contribution in [3.05, 3.63) is 29.3 Å². The van der Waals surface area contributed by atoms with Crippen molar-refractivity contribution in [2.45, 2.75) is 12.8 Å². The monoisotopic (exact) mass is 317 g/mol. The molecule has 0 bridgehead atoms. The summed E-state index contributed by atoms with van der Waals surface area (Å²) < 4.78 is 5.44. The molecule has 1 saturated heterocycles. The van der Waals surface area contributed by atoms with E-state index in [9.17, 15) is 4.79 Å². The second kappa shape index (κ2) is 7.68. The molecule has 0 aliphatic carbocycles. The van der Waals surface area contributed by atoms with E-state index in [0.717, 1.165) is 0 Å². The Balaban J connectivity index is 1.79. The van der Waals surface area contributed by atoms with Crippen LogP contribution in [0.15, 0.2) is 24.3 Å². The highest BCUT2D eigenvalue weighted by Crippen LogP contribution is 2.24. The zero-order chi connectivity index (χ0) is 15.9. The lowest BCUT2D eigenvalue weighted by Crippen LogP contribution is -2.42. The molecular weight excluding hydrogens is 302 g/mol. The van der Waals surface area contributed by atoms with E-state index in [1.54, 1.807) is 29.2 Å². The molecule has 6 heteroatoms. The fourth-order valence-corrected chi connectivity index (χ4v) is 2.62. The highest BCUT2D eigenvalue weighted by Gasteiger charge is 2.28. The first-order chi connectivity index (χ1) is 10.6. The van der Waals surface area contributed by atoms with Gasteiger partial charge in [0.15, 0.2) is 6.61 Å². The van der Waals surface area contributed by atoms with Crippen molar-refractivity contribution in [1.82, 2.24) is 4.90 Å². The zero-order valence-electron chi connectivity index (χ0n) is 12.0. The van der Waals surface area contributed by atoms with E-state index in [4.69, 9.17) is 26.9 Å². The maximum Gasteiger partial charge on any atom is 0.260 e. The van der Waals surface area contributed by atoms with E-state index in [2.05, 4.69) is 0 Å². The third-order valence-electron chi connectivity index (χ3n) is 3.82. The number of ether oxygens (including phenoxy) is 1. The Bertz CT molecular complexity index is 581. The first-order valence-corrected chi connectivity index (χ1v) is 7.47. The second-order valence-electron chi connectivity index (χ2n) is 5.20. The van der Waals surface area contributed by atoms with Gasteiger partial charge >= 0.3 is 0 Å². The molecule has 1 aromatic carbocycles. The van der Waals surface area contributed by atoms with Crippen LogP contribution in [0.5, 0.6) is 5.75 Å². The van der Waals surface area contributed by atoms with Gasteiger partial charge in [0.2, 0.25) is 0 Å². The van der Waals surface area contributed by atoms with E-state index in [1.165, 1.54) is 0 Å². The highest BCUT2D eigenvalue weighted by atomic mass is 35.5. The number of carbonyl (C=O) groups excluding carboxylic acids is 1. The van der Waals surface area contributed by atoms with Gasteiger partial charge in [-0.2, -0.15) is 10.5 Å². The average Bonchev–Trinajstić information content (AvgIpc) is 2.56. The molecule has 1 heterocycles. The minimum atomic E-state index is -0.581. The number of benzene rings is 1. The molecule has 0 radical (unpaired) electrons. The van der Waals surface area contributed by atoms with Gasteiger partial charge in [-0.3, -0.25) is 4.79 Å². The number of nitriles is 2. The van der Waals surface area contributed by atoms with E-state index in [0.29, 0.717) is 36.7 Å². The second-order valence-corrected chi connectivity index (χ2v) is 5.63. The standard InChI is InChI=1S/C16H16ClN3O2/c17-14-1-3-15(4-2-14)22-11-16(21)20-7-5-12(6-8-20)13(9-18)10-19/h1-4,12-13H,5-8,11H2. The quantitative estimate of drug-likeness (QED) is 0.855. The molecule has 1 aromatic rings. The van der Waals surface area contributed by atoms with E-state index in [1.807, 2.05) is 12.1 Å². The first kappa shape index (κ1) is 16.1. The van der Waals surface area contributed by atoms with Crippen molar-refractivity contribution in [2.75, 3.05) is 19.7 Å². The molecule has 0 aromatic heterocycles. The number of hydrogen-bond donors (Lipinski definition) is 0. The lowest BCUT2D eigenvalue weighted by molar-refractivity contribution is -0.134. The number of nitrogens with zero attached hydrogens (tertiary/aromatic N) is 3. The third-order valence-corrected chi connectivity index (χ3v) is 4.07. The Morgan fingerprint density at radius 2 is 1.86 bits per heavy atom. The van der Waals surface area contributed by atoms with Crippen molar-refractivity contribution in [3.63, 3.8) is 0 Å². The van der Waals surface area contributed by atoms with Crippen molar-refractivity contribution in [1.29, 1.82) is 10.5 Å². The molecule has 0 atom stereocenters. The summed E-state index contributed by atoms with van der Waals surface area (Å²) in [6.07, 6.45) is 1.36. The summed E-state index contributed by atoms with van der Waals surface area (Å²) in [5, 5.41) is 18.4. The van der Waals surface area contributed by atoms with Crippen molar-refractivity contribution in [3.8, 4) is 17.9 Å². The maximum atomic E-state index is 12.1. The number of carbonyl (C=O) groups is 1. The number of amides is 1. The van der Waals surface area contributed by atoms with Crippen molar-refractivity contribution in [2.24, 2.45) is 11.8 Å². The van der Waals surface area contributed by atoms with Crippen LogP contribution in [0.3, 0.4) is 0 Å². The van der Waals surface area contributed by atoms with Crippen LogP contribution in [-0.4, -0.2) is 30.5 Å². The van der Waals surface area contributed by atoms with Gasteiger partial charge in [0.1, 0.15) is 11.7 Å². The third kappa shape index (κ3) is 4.13. The Morgan fingerprint density at radius 3 is 2.41 bits per heavy atom. The van der Waals surface area contributed by atoms with E-state index in [-0.39, 0.29) is 18.4 Å². The summed E-state index contributed by atoms with van der Waals surface area (Å²) in [5.41, 5.74) is 0. The van der Waals surface area contributed by atoms with Crippen molar-refractivity contribution >= 4 is 17.5 Å². The summed E-state index contributed by atoms with van der Waals surface area (Å²) in [7, 11) is 0. The van der Waals surface area contributed by atoms with Gasteiger partial charge in [0.05, 0.1) is 12.1 Å². The van der Waals surface area contributed by atoms with Crippen LogP contribution in [0.25, 0.3) is 0 Å². The molecule has 1 aliphatic rings. The summed E-state index contributed by atoms with van der Waals surface area (Å²) in [4.78, 5) is 13.8. The van der Waals surface area contributed by atoms with Crippen LogP contribution >= 0.6 is 11.6 Å². The van der Waals surface area contributed by atoms with Gasteiger partial charge in [0.25, 0.3) is 5.91 Å². The van der Waals surface area contributed by atoms with Gasteiger partial charge in [0, 0.05) is 18.1 Å².